The average molecular weight is 702 g/mol. The lowest BCUT2D eigenvalue weighted by molar-refractivity contribution is -0.154. The molecule has 0 amide bonds. The van der Waals surface area contributed by atoms with Crippen LogP contribution in [-0.2, 0) is 27.9 Å². The summed E-state index contributed by atoms with van der Waals surface area (Å²) in [5.74, 6) is -0.337. The van der Waals surface area contributed by atoms with Crippen LogP contribution in [0.25, 0.3) is 0 Å². The minimum absolute atomic E-state index is 0.0965. The largest absolute Gasteiger partial charge is 0.472 e. The summed E-state index contributed by atoms with van der Waals surface area (Å²) in [7, 11) is -4.27. The Kier molecular flexibility index (Phi) is 36.4. The average Bonchev–Trinajstić information content (AvgIpc) is 3.07. The van der Waals surface area contributed by atoms with Gasteiger partial charge in [0.1, 0.15) is 6.10 Å². The molecule has 2 unspecified atom stereocenters. The number of ether oxygens (including phenoxy) is 2. The Bertz CT molecular complexity index is 792. The van der Waals surface area contributed by atoms with Crippen LogP contribution in [0.5, 0.6) is 0 Å². The highest BCUT2D eigenvalue weighted by atomic mass is 31.2. The summed E-state index contributed by atoms with van der Waals surface area (Å²) in [4.78, 5) is 22.4. The molecule has 0 spiro atoms. The summed E-state index contributed by atoms with van der Waals surface area (Å²) in [5, 5.41) is 0. The van der Waals surface area contributed by atoms with Crippen LogP contribution in [0.1, 0.15) is 181 Å². The Morgan fingerprint density at radius 1 is 0.604 bits per heavy atom. The van der Waals surface area contributed by atoms with Crippen LogP contribution >= 0.6 is 7.82 Å². The number of carbonyl (C=O) groups excluding carboxylic acids is 1. The number of hydrogen-bond acceptors (Lipinski definition) is 7. The maximum atomic E-state index is 12.5. The molecule has 2 atom stereocenters. The van der Waals surface area contributed by atoms with Crippen molar-refractivity contribution in [2.45, 2.75) is 187 Å². The third-order valence-electron chi connectivity index (χ3n) is 8.34. The number of phosphoric ester groups is 1. The molecule has 284 valence electrons. The molecular weight excluding hydrogens is 625 g/mol. The van der Waals surface area contributed by atoms with E-state index < -0.39 is 13.9 Å². The van der Waals surface area contributed by atoms with Crippen LogP contribution < -0.4 is 5.73 Å². The van der Waals surface area contributed by atoms with E-state index in [1.54, 1.807) is 0 Å². The van der Waals surface area contributed by atoms with E-state index in [4.69, 9.17) is 24.3 Å². The zero-order chi connectivity index (χ0) is 35.2. The fourth-order valence-corrected chi connectivity index (χ4v) is 6.15. The second kappa shape index (κ2) is 37.2. The SMILES string of the molecule is CCCC/C=C\CCCCCCCCOCC(COP(=O)(O)OCCN)OC(=O)CCCCCCCCC/C=C\CCCCCCCC. The number of nitrogens with two attached hydrogens (primary N) is 1. The van der Waals surface area contributed by atoms with Gasteiger partial charge in [-0.15, -0.1) is 0 Å². The highest BCUT2D eigenvalue weighted by Crippen LogP contribution is 2.43. The third-order valence-corrected chi connectivity index (χ3v) is 9.33. The number of allylic oxidation sites excluding steroid dienone is 4. The van der Waals surface area contributed by atoms with Gasteiger partial charge in [-0.05, 0) is 57.8 Å². The molecule has 0 saturated carbocycles. The predicted molar refractivity (Wildman–Crippen MR) is 201 cm³/mol. The van der Waals surface area contributed by atoms with Gasteiger partial charge in [-0.3, -0.25) is 13.8 Å². The molecule has 0 radical (unpaired) electrons. The molecule has 9 heteroatoms. The summed E-state index contributed by atoms with van der Waals surface area (Å²) in [6.45, 7) is 4.87. The van der Waals surface area contributed by atoms with Crippen LogP contribution in [-0.4, -0.2) is 49.9 Å². The van der Waals surface area contributed by atoms with Crippen molar-refractivity contribution >= 4 is 13.8 Å². The van der Waals surface area contributed by atoms with Crippen molar-refractivity contribution in [2.24, 2.45) is 5.73 Å². The fourth-order valence-electron chi connectivity index (χ4n) is 5.38. The second-order valence-electron chi connectivity index (χ2n) is 13.1. The summed E-state index contributed by atoms with van der Waals surface area (Å²) < 4.78 is 33.3. The quantitative estimate of drug-likeness (QED) is 0.0283. The molecule has 0 saturated heterocycles. The maximum absolute atomic E-state index is 12.5. The van der Waals surface area contributed by atoms with E-state index >= 15 is 0 Å². The molecule has 0 aliphatic carbocycles. The second-order valence-corrected chi connectivity index (χ2v) is 14.6. The van der Waals surface area contributed by atoms with Crippen LogP contribution in [0.3, 0.4) is 0 Å². The molecule has 8 nitrogen and oxygen atoms in total. The summed E-state index contributed by atoms with van der Waals surface area (Å²) in [5.41, 5.74) is 5.35. The third kappa shape index (κ3) is 36.3. The van der Waals surface area contributed by atoms with Gasteiger partial charge in [0.2, 0.25) is 0 Å². The Balaban J connectivity index is 4.06. The molecule has 0 heterocycles. The first-order valence-corrected chi connectivity index (χ1v) is 21.3. The van der Waals surface area contributed by atoms with Crippen molar-refractivity contribution in [2.75, 3.05) is 33.0 Å². The van der Waals surface area contributed by atoms with Gasteiger partial charge in [0.05, 0.1) is 19.8 Å². The number of unbranched alkanes of at least 4 members (excludes halogenated alkanes) is 21. The van der Waals surface area contributed by atoms with Crippen LogP contribution in [0.4, 0.5) is 0 Å². The number of rotatable bonds is 38. The highest BCUT2D eigenvalue weighted by Gasteiger charge is 2.25. The van der Waals surface area contributed by atoms with Crippen molar-refractivity contribution in [1.29, 1.82) is 0 Å². The van der Waals surface area contributed by atoms with Gasteiger partial charge in [-0.25, -0.2) is 4.57 Å². The smallest absolute Gasteiger partial charge is 0.457 e. The molecule has 0 bridgehead atoms. The van der Waals surface area contributed by atoms with E-state index in [2.05, 4.69) is 38.2 Å². The topological polar surface area (TPSA) is 117 Å². The Morgan fingerprint density at radius 2 is 1.06 bits per heavy atom. The van der Waals surface area contributed by atoms with Gasteiger partial charge in [0.15, 0.2) is 0 Å². The molecule has 0 aromatic carbocycles. The van der Waals surface area contributed by atoms with Crippen molar-refractivity contribution in [1.82, 2.24) is 0 Å². The van der Waals surface area contributed by atoms with E-state index in [0.29, 0.717) is 13.0 Å². The Hall–Kier alpha value is -1.02. The van der Waals surface area contributed by atoms with Gasteiger partial charge in [-0.2, -0.15) is 0 Å². The van der Waals surface area contributed by atoms with Gasteiger partial charge in [0.25, 0.3) is 0 Å². The first-order valence-electron chi connectivity index (χ1n) is 19.8. The summed E-state index contributed by atoms with van der Waals surface area (Å²) in [6, 6.07) is 0. The minimum Gasteiger partial charge on any atom is -0.457 e. The first-order chi connectivity index (χ1) is 23.4. The fraction of sp³-hybridized carbons (Fsp3) is 0.872. The van der Waals surface area contributed by atoms with Gasteiger partial charge in [-0.1, -0.05) is 141 Å². The Labute approximate surface area is 296 Å². The minimum atomic E-state index is -4.27. The number of esters is 1. The number of carbonyl (C=O) groups is 1. The predicted octanol–water partition coefficient (Wildman–Crippen LogP) is 11.3. The Morgan fingerprint density at radius 3 is 1.58 bits per heavy atom. The molecule has 3 N–H and O–H groups in total. The first kappa shape index (κ1) is 47.0. The monoisotopic (exact) mass is 702 g/mol. The van der Waals surface area contributed by atoms with Gasteiger partial charge >= 0.3 is 13.8 Å². The maximum Gasteiger partial charge on any atom is 0.472 e. The number of hydrogen-bond donors (Lipinski definition) is 2. The van der Waals surface area contributed by atoms with Gasteiger partial charge < -0.3 is 20.1 Å². The molecule has 48 heavy (non-hydrogen) atoms. The lowest BCUT2D eigenvalue weighted by atomic mass is 10.1. The zero-order valence-corrected chi connectivity index (χ0v) is 32.1. The van der Waals surface area contributed by atoms with E-state index in [1.807, 2.05) is 0 Å². The van der Waals surface area contributed by atoms with Crippen LogP contribution in [0.15, 0.2) is 24.3 Å². The molecule has 0 aliphatic heterocycles. The normalized spacial score (nSPS) is 13.8. The molecule has 0 aliphatic rings. The van der Waals surface area contributed by atoms with E-state index in [-0.39, 0.29) is 32.3 Å². The van der Waals surface area contributed by atoms with Gasteiger partial charge in [0, 0.05) is 19.6 Å². The standard InChI is InChI=1S/C39H76NO7P/c1-3-5-7-9-11-13-15-17-18-19-20-21-22-24-26-28-30-32-39(41)47-38(37-46-48(42,43)45-35-33-40)36-44-34-31-29-27-25-23-16-14-12-10-8-6-4-2/h10,12,17-18,38H,3-9,11,13-16,19-37,40H2,1-2H3,(H,42,43)/b12-10-,18-17-. The molecule has 0 aromatic heterocycles. The highest BCUT2D eigenvalue weighted by molar-refractivity contribution is 7.47. The van der Waals surface area contributed by atoms with Crippen molar-refractivity contribution < 1.29 is 32.8 Å². The summed E-state index contributed by atoms with van der Waals surface area (Å²) in [6.07, 6.45) is 39.0. The van der Waals surface area contributed by atoms with Crippen molar-refractivity contribution in [3.05, 3.63) is 24.3 Å². The van der Waals surface area contributed by atoms with Crippen LogP contribution in [0, 0.1) is 0 Å². The lowest BCUT2D eigenvalue weighted by Crippen LogP contribution is -2.28. The molecular formula is C39H76NO7P. The molecule has 0 aromatic rings. The van der Waals surface area contributed by atoms with E-state index in [0.717, 1.165) is 32.1 Å². The van der Waals surface area contributed by atoms with Crippen LogP contribution in [0.2, 0.25) is 0 Å². The van der Waals surface area contributed by atoms with E-state index in [9.17, 15) is 14.3 Å². The zero-order valence-electron chi connectivity index (χ0n) is 31.2. The molecule has 0 fully saturated rings. The molecule has 0 rings (SSSR count). The lowest BCUT2D eigenvalue weighted by Gasteiger charge is -2.20. The van der Waals surface area contributed by atoms with E-state index in [1.165, 1.54) is 128 Å². The van der Waals surface area contributed by atoms with Crippen molar-refractivity contribution in [3.8, 4) is 0 Å². The summed E-state index contributed by atoms with van der Waals surface area (Å²) >= 11 is 0. The number of phosphoric acid groups is 1. The van der Waals surface area contributed by atoms with Crippen molar-refractivity contribution in [3.63, 3.8) is 0 Å².